The molecule has 14 heteroatoms. The Morgan fingerprint density at radius 2 is 1.81 bits per heavy atom. The summed E-state index contributed by atoms with van der Waals surface area (Å²) in [5.74, 6) is -3.71. The normalized spacial score (nSPS) is 17.4. The number of para-hydroxylation sites is 1. The van der Waals surface area contributed by atoms with Crippen LogP contribution in [-0.2, 0) is 14.3 Å². The molecule has 4 rings (SSSR count). The van der Waals surface area contributed by atoms with Crippen LogP contribution in [-0.4, -0.2) is 76.0 Å². The number of halogens is 3. The number of imide groups is 1. The number of amides is 4. The van der Waals surface area contributed by atoms with Gasteiger partial charge < -0.3 is 30.3 Å². The molecule has 43 heavy (non-hydrogen) atoms. The Hall–Kier alpha value is -4.61. The fourth-order valence-corrected chi connectivity index (χ4v) is 5.24. The Balaban J connectivity index is 1.42. The van der Waals surface area contributed by atoms with E-state index >= 15 is 0 Å². The monoisotopic (exact) mass is 600 g/mol. The van der Waals surface area contributed by atoms with Gasteiger partial charge in [-0.1, -0.05) is 12.1 Å². The lowest BCUT2D eigenvalue weighted by Crippen LogP contribution is -2.56. The number of nitrogens with one attached hydrogen (secondary N) is 3. The van der Waals surface area contributed by atoms with Crippen molar-refractivity contribution < 1.29 is 37.0 Å². The Kier molecular flexibility index (Phi) is 10.2. The fraction of sp³-hybridized carbons (Fsp3) is 0.379. The molecule has 0 unspecified atom stereocenters. The van der Waals surface area contributed by atoms with Crippen molar-refractivity contribution in [3.8, 4) is 6.07 Å². The average Bonchev–Trinajstić information content (AvgIpc) is 3.00. The van der Waals surface area contributed by atoms with Gasteiger partial charge in [0.1, 0.15) is 17.9 Å². The highest BCUT2D eigenvalue weighted by Crippen LogP contribution is 2.35. The van der Waals surface area contributed by atoms with Crippen molar-refractivity contribution in [2.75, 3.05) is 51.9 Å². The molecule has 2 aliphatic heterocycles. The Bertz CT molecular complexity index is 1450. The van der Waals surface area contributed by atoms with Crippen molar-refractivity contribution in [1.29, 1.82) is 5.26 Å². The van der Waals surface area contributed by atoms with Crippen molar-refractivity contribution in [1.82, 2.24) is 20.9 Å². The van der Waals surface area contributed by atoms with Crippen LogP contribution in [0, 0.1) is 28.8 Å². The van der Waals surface area contributed by atoms with Gasteiger partial charge in [0.25, 0.3) is 0 Å². The van der Waals surface area contributed by atoms with Crippen LogP contribution < -0.4 is 20.9 Å². The number of anilines is 1. The molecule has 0 bridgehead atoms. The minimum absolute atomic E-state index is 0.0171. The summed E-state index contributed by atoms with van der Waals surface area (Å²) in [7, 11) is 2.44. The van der Waals surface area contributed by atoms with E-state index in [1.807, 2.05) is 11.0 Å². The number of nitrogens with zero attached hydrogens (tertiary/aromatic N) is 3. The SMILES string of the molecule is COCC1=C(C(=O)OC)[C@H](c2ccc(F)c(F)c2)N(C(=O)NCCNC2CCN(c3c(F)cccc3C#N)CC2)C(=O)N1. The molecule has 2 aromatic rings. The predicted octanol–water partition coefficient (Wildman–Crippen LogP) is 3.08. The van der Waals surface area contributed by atoms with E-state index in [0.717, 1.165) is 19.2 Å². The van der Waals surface area contributed by atoms with Gasteiger partial charge >= 0.3 is 18.0 Å². The van der Waals surface area contributed by atoms with Crippen molar-refractivity contribution in [3.63, 3.8) is 0 Å². The van der Waals surface area contributed by atoms with Crippen LogP contribution in [0.25, 0.3) is 0 Å². The number of nitriles is 1. The summed E-state index contributed by atoms with van der Waals surface area (Å²) in [4.78, 5) is 41.7. The number of piperidine rings is 1. The number of esters is 1. The zero-order chi connectivity index (χ0) is 31.1. The van der Waals surface area contributed by atoms with Gasteiger partial charge in [-0.2, -0.15) is 5.26 Å². The quantitative estimate of drug-likeness (QED) is 0.295. The van der Waals surface area contributed by atoms with Gasteiger partial charge in [-0.3, -0.25) is 0 Å². The zero-order valence-corrected chi connectivity index (χ0v) is 23.6. The number of hydrogen-bond donors (Lipinski definition) is 3. The van der Waals surface area contributed by atoms with Crippen LogP contribution in [0.2, 0.25) is 0 Å². The lowest BCUT2D eigenvalue weighted by molar-refractivity contribution is -0.137. The Morgan fingerprint density at radius 1 is 1.07 bits per heavy atom. The highest BCUT2D eigenvalue weighted by atomic mass is 19.2. The second-order valence-electron chi connectivity index (χ2n) is 9.89. The van der Waals surface area contributed by atoms with E-state index in [4.69, 9.17) is 9.47 Å². The number of rotatable bonds is 9. The second-order valence-corrected chi connectivity index (χ2v) is 9.89. The molecule has 1 atom stereocenters. The summed E-state index contributed by atoms with van der Waals surface area (Å²) < 4.78 is 52.3. The van der Waals surface area contributed by atoms with Crippen LogP contribution in [0.15, 0.2) is 47.7 Å². The van der Waals surface area contributed by atoms with Gasteiger partial charge in [-0.05, 0) is 42.7 Å². The minimum Gasteiger partial charge on any atom is -0.466 e. The summed E-state index contributed by atoms with van der Waals surface area (Å²) in [5, 5.41) is 17.7. The first kappa shape index (κ1) is 31.3. The second kappa shape index (κ2) is 14.0. The molecule has 11 nitrogen and oxygen atoms in total. The molecule has 0 saturated carbocycles. The van der Waals surface area contributed by atoms with E-state index in [1.54, 1.807) is 6.07 Å². The molecule has 2 heterocycles. The standard InChI is InChI=1S/C29H31F3N6O5/c1-42-16-23-24(27(39)43-2)26(17-6-7-20(30)22(32)14-17)38(29(41)36-23)28(40)35-11-10-34-19-8-12-37(13-9-19)25-18(15-33)4-3-5-21(25)31/h3-7,14,19,26,34H,8-13,16H2,1-2H3,(H,35,40)(H,36,41)/t26-/m0/s1. The van der Waals surface area contributed by atoms with E-state index in [0.29, 0.717) is 43.1 Å². The molecule has 0 aromatic heterocycles. The zero-order valence-electron chi connectivity index (χ0n) is 23.6. The third-order valence-corrected chi connectivity index (χ3v) is 7.26. The first-order valence-corrected chi connectivity index (χ1v) is 13.5. The number of carbonyl (C=O) groups excluding carboxylic acids is 3. The molecule has 4 amide bonds. The first-order chi connectivity index (χ1) is 20.7. The smallest absolute Gasteiger partial charge is 0.338 e. The predicted molar refractivity (Wildman–Crippen MR) is 148 cm³/mol. The molecule has 0 spiro atoms. The maximum Gasteiger partial charge on any atom is 0.338 e. The van der Waals surface area contributed by atoms with Crippen LogP contribution in [0.1, 0.15) is 30.0 Å². The van der Waals surface area contributed by atoms with Gasteiger partial charge in [0, 0.05) is 39.3 Å². The molecular weight excluding hydrogens is 569 g/mol. The first-order valence-electron chi connectivity index (χ1n) is 13.5. The number of hydrogen-bond acceptors (Lipinski definition) is 8. The maximum atomic E-state index is 14.4. The number of carbonyl (C=O) groups is 3. The van der Waals surface area contributed by atoms with Gasteiger partial charge in [0.05, 0.1) is 36.2 Å². The lowest BCUT2D eigenvalue weighted by Gasteiger charge is -2.37. The maximum absolute atomic E-state index is 14.4. The average molecular weight is 601 g/mol. The molecule has 228 valence electrons. The molecule has 1 fully saturated rings. The summed E-state index contributed by atoms with van der Waals surface area (Å²) in [5.41, 5.74) is 0.377. The highest BCUT2D eigenvalue weighted by molar-refractivity contribution is 6.01. The van der Waals surface area contributed by atoms with E-state index in [-0.39, 0.29) is 41.6 Å². The van der Waals surface area contributed by atoms with Crippen molar-refractivity contribution in [2.45, 2.75) is 24.9 Å². The molecule has 2 aliphatic rings. The van der Waals surface area contributed by atoms with Gasteiger partial charge in [0.2, 0.25) is 0 Å². The summed E-state index contributed by atoms with van der Waals surface area (Å²) >= 11 is 0. The largest absolute Gasteiger partial charge is 0.466 e. The van der Waals surface area contributed by atoms with E-state index < -0.39 is 41.5 Å². The Labute approximate surface area is 246 Å². The molecule has 2 aromatic carbocycles. The molecule has 0 radical (unpaired) electrons. The van der Waals surface area contributed by atoms with Crippen LogP contribution in [0.3, 0.4) is 0 Å². The van der Waals surface area contributed by atoms with E-state index in [1.165, 1.54) is 25.3 Å². The Morgan fingerprint density at radius 3 is 2.47 bits per heavy atom. The van der Waals surface area contributed by atoms with Crippen LogP contribution >= 0.6 is 0 Å². The van der Waals surface area contributed by atoms with Crippen LogP contribution in [0.5, 0.6) is 0 Å². The van der Waals surface area contributed by atoms with Gasteiger partial charge in [-0.25, -0.2) is 32.5 Å². The van der Waals surface area contributed by atoms with Gasteiger partial charge in [0.15, 0.2) is 11.6 Å². The summed E-state index contributed by atoms with van der Waals surface area (Å²) in [6.45, 7) is 1.23. The molecule has 1 saturated heterocycles. The highest BCUT2D eigenvalue weighted by Gasteiger charge is 2.43. The molecule has 0 aliphatic carbocycles. The summed E-state index contributed by atoms with van der Waals surface area (Å²) in [6.07, 6.45) is 1.32. The van der Waals surface area contributed by atoms with Crippen molar-refractivity contribution in [3.05, 3.63) is 76.2 Å². The lowest BCUT2D eigenvalue weighted by atomic mass is 9.93. The number of urea groups is 2. The number of methoxy groups -OCH3 is 2. The third-order valence-electron chi connectivity index (χ3n) is 7.26. The van der Waals surface area contributed by atoms with E-state index in [2.05, 4.69) is 16.0 Å². The number of benzene rings is 2. The van der Waals surface area contributed by atoms with Crippen molar-refractivity contribution >= 4 is 23.7 Å². The van der Waals surface area contributed by atoms with Gasteiger partial charge in [-0.15, -0.1) is 0 Å². The van der Waals surface area contributed by atoms with E-state index in [9.17, 15) is 32.8 Å². The molecule has 3 N–H and O–H groups in total. The van der Waals surface area contributed by atoms with Crippen molar-refractivity contribution in [2.24, 2.45) is 0 Å². The summed E-state index contributed by atoms with van der Waals surface area (Å²) in [6, 6.07) is 6.07. The fourth-order valence-electron chi connectivity index (χ4n) is 5.24. The minimum atomic E-state index is -1.43. The topological polar surface area (TPSA) is 136 Å². The third kappa shape index (κ3) is 6.90. The van der Waals surface area contributed by atoms with Crippen LogP contribution in [0.4, 0.5) is 28.4 Å². The molecular formula is C29H31F3N6O5. The number of ether oxygens (including phenoxy) is 2.